The second kappa shape index (κ2) is 5.30. The molecule has 1 aliphatic heterocycles. The predicted octanol–water partition coefficient (Wildman–Crippen LogP) is 4.94. The zero-order valence-electron chi connectivity index (χ0n) is 9.17. The number of carbonyl (C=O) groups excluding carboxylic acids is 1. The van der Waals surface area contributed by atoms with Gasteiger partial charge in [-0.25, -0.2) is 0 Å². The summed E-state index contributed by atoms with van der Waals surface area (Å²) in [5, 5.41) is 1.23. The number of rotatable bonds is 2. The van der Waals surface area contributed by atoms with Crippen LogP contribution in [0.3, 0.4) is 0 Å². The Morgan fingerprint density at radius 1 is 1.35 bits per heavy atom. The summed E-state index contributed by atoms with van der Waals surface area (Å²) in [6, 6.07) is 5.25. The van der Waals surface area contributed by atoms with Crippen molar-refractivity contribution in [3.05, 3.63) is 50.4 Å². The Morgan fingerprint density at radius 3 is 2.71 bits per heavy atom. The highest BCUT2D eigenvalue weighted by Gasteiger charge is 2.18. The number of hydrogen-bond acceptors (Lipinski definition) is 2. The average Bonchev–Trinajstić information content (AvgIpc) is 2.64. The summed E-state index contributed by atoms with van der Waals surface area (Å²) in [5.41, 5.74) is 1.50. The van der Waals surface area contributed by atoms with E-state index in [4.69, 9.17) is 23.2 Å². The maximum Gasteiger partial charge on any atom is 0.223 e. The normalized spacial score (nSPS) is 17.7. The first-order valence-electron chi connectivity index (χ1n) is 5.19. The van der Waals surface area contributed by atoms with E-state index < -0.39 is 0 Å². The van der Waals surface area contributed by atoms with Crippen LogP contribution in [0.4, 0.5) is 0 Å². The Labute approximate surface area is 114 Å². The van der Waals surface area contributed by atoms with Crippen molar-refractivity contribution in [3.8, 4) is 0 Å². The molecule has 0 N–H and O–H groups in total. The zero-order chi connectivity index (χ0) is 12.4. The summed E-state index contributed by atoms with van der Waals surface area (Å²) in [6.07, 6.45) is 4.59. The van der Waals surface area contributed by atoms with Gasteiger partial charge in [0.15, 0.2) is 0 Å². The van der Waals surface area contributed by atoms with E-state index >= 15 is 0 Å². The molecule has 0 spiro atoms. The number of halogens is 2. The van der Waals surface area contributed by atoms with E-state index in [2.05, 4.69) is 0 Å². The topological polar surface area (TPSA) is 17.1 Å². The van der Waals surface area contributed by atoms with E-state index in [0.717, 1.165) is 16.9 Å². The first-order valence-corrected chi connectivity index (χ1v) is 6.77. The van der Waals surface area contributed by atoms with E-state index in [9.17, 15) is 4.79 Å². The lowest BCUT2D eigenvalue weighted by atomic mass is 10.1. The minimum Gasteiger partial charge on any atom is -0.281 e. The molecule has 0 aliphatic carbocycles. The lowest BCUT2D eigenvalue weighted by molar-refractivity contribution is -0.107. The Kier molecular flexibility index (Phi) is 3.97. The second-order valence-corrected chi connectivity index (χ2v) is 5.56. The van der Waals surface area contributed by atoms with Crippen molar-refractivity contribution in [2.24, 2.45) is 0 Å². The molecule has 1 nitrogen and oxygen atoms in total. The number of allylic oxidation sites excluding steroid dienone is 2. The summed E-state index contributed by atoms with van der Waals surface area (Å²) in [4.78, 5) is 12.8. The third-order valence-corrected chi connectivity index (χ3v) is 4.05. The van der Waals surface area contributed by atoms with Gasteiger partial charge in [-0.2, -0.15) is 0 Å². The van der Waals surface area contributed by atoms with Crippen molar-refractivity contribution < 1.29 is 4.79 Å². The predicted molar refractivity (Wildman–Crippen MR) is 75.4 cm³/mol. The minimum atomic E-state index is 0.0767. The molecule has 88 valence electrons. The van der Waals surface area contributed by atoms with Crippen LogP contribution in [0.5, 0.6) is 0 Å². The maximum atomic E-state index is 11.7. The van der Waals surface area contributed by atoms with E-state index in [1.807, 2.05) is 19.1 Å². The number of carbonyl (C=O) groups is 1. The second-order valence-electron chi connectivity index (χ2n) is 3.62. The highest BCUT2D eigenvalue weighted by molar-refractivity contribution is 8.17. The monoisotopic (exact) mass is 284 g/mol. The molecule has 0 saturated carbocycles. The third-order valence-electron chi connectivity index (χ3n) is 2.40. The molecular weight excluding hydrogens is 275 g/mol. The van der Waals surface area contributed by atoms with E-state index in [1.54, 1.807) is 18.2 Å². The van der Waals surface area contributed by atoms with Crippen LogP contribution in [0.25, 0.3) is 6.08 Å². The quantitative estimate of drug-likeness (QED) is 0.715. The molecule has 0 bridgehead atoms. The van der Waals surface area contributed by atoms with Crippen LogP contribution < -0.4 is 0 Å². The molecule has 0 saturated heterocycles. The van der Waals surface area contributed by atoms with Gasteiger partial charge in [-0.1, -0.05) is 48.0 Å². The van der Waals surface area contributed by atoms with Gasteiger partial charge in [0.1, 0.15) is 0 Å². The Balaban J connectivity index is 2.36. The molecule has 0 atom stereocenters. The lowest BCUT2D eigenvalue weighted by Crippen LogP contribution is -1.88. The van der Waals surface area contributed by atoms with E-state index in [0.29, 0.717) is 15.6 Å². The van der Waals surface area contributed by atoms with Gasteiger partial charge in [0, 0.05) is 15.6 Å². The lowest BCUT2D eigenvalue weighted by Gasteiger charge is -1.99. The van der Waals surface area contributed by atoms with Crippen LogP contribution >= 0.6 is 35.0 Å². The smallest absolute Gasteiger partial charge is 0.223 e. The molecule has 4 heteroatoms. The van der Waals surface area contributed by atoms with Gasteiger partial charge in [-0.05, 0) is 41.2 Å². The van der Waals surface area contributed by atoms with Gasteiger partial charge in [0.2, 0.25) is 5.12 Å². The van der Waals surface area contributed by atoms with Gasteiger partial charge in [0.05, 0.1) is 0 Å². The van der Waals surface area contributed by atoms with Crippen LogP contribution in [0, 0.1) is 0 Å². The average molecular weight is 285 g/mol. The summed E-state index contributed by atoms with van der Waals surface area (Å²) in [7, 11) is 0. The highest BCUT2D eigenvalue weighted by atomic mass is 35.5. The third kappa shape index (κ3) is 2.95. The molecule has 0 radical (unpaired) electrons. The van der Waals surface area contributed by atoms with Crippen LogP contribution in [0.15, 0.2) is 34.8 Å². The van der Waals surface area contributed by atoms with Crippen molar-refractivity contribution in [1.82, 2.24) is 0 Å². The van der Waals surface area contributed by atoms with Gasteiger partial charge in [0.25, 0.3) is 0 Å². The Morgan fingerprint density at radius 2 is 2.12 bits per heavy atom. The van der Waals surface area contributed by atoms with E-state index in [1.165, 1.54) is 11.8 Å². The number of benzene rings is 1. The molecule has 1 heterocycles. The fourth-order valence-corrected chi connectivity index (χ4v) is 2.77. The van der Waals surface area contributed by atoms with Gasteiger partial charge < -0.3 is 0 Å². The molecule has 2 rings (SSSR count). The van der Waals surface area contributed by atoms with Crippen LogP contribution in [-0.2, 0) is 4.79 Å². The van der Waals surface area contributed by atoms with Crippen molar-refractivity contribution in [1.29, 1.82) is 0 Å². The van der Waals surface area contributed by atoms with Gasteiger partial charge in [-0.3, -0.25) is 4.79 Å². The van der Waals surface area contributed by atoms with Crippen molar-refractivity contribution in [3.63, 3.8) is 0 Å². The summed E-state index contributed by atoms with van der Waals surface area (Å²) < 4.78 is 0. The molecule has 0 aromatic heterocycles. The molecule has 17 heavy (non-hydrogen) atoms. The Hall–Kier alpha value is -0.700. The number of hydrogen-bond donors (Lipinski definition) is 0. The van der Waals surface area contributed by atoms with Crippen LogP contribution in [-0.4, -0.2) is 5.12 Å². The van der Waals surface area contributed by atoms with Gasteiger partial charge >= 0.3 is 0 Å². The Bertz CT molecular complexity index is 532. The molecule has 0 fully saturated rings. The number of thioether (sulfide) groups is 1. The maximum absolute atomic E-state index is 11.7. The standard InChI is InChI=1S/C13H10Cl2OS/c1-2-11-6-9(13(16)17-11)5-8-3-4-10(14)7-12(8)15/h3-7H,2H2,1H3. The van der Waals surface area contributed by atoms with Crippen LogP contribution in [0.1, 0.15) is 18.9 Å². The first-order chi connectivity index (χ1) is 8.10. The van der Waals surface area contributed by atoms with Crippen LogP contribution in [0.2, 0.25) is 10.0 Å². The van der Waals surface area contributed by atoms with E-state index in [-0.39, 0.29) is 5.12 Å². The largest absolute Gasteiger partial charge is 0.281 e. The molecule has 1 aromatic rings. The molecule has 0 unspecified atom stereocenters. The SMILES string of the molecule is CCC1=CC(=Cc2ccc(Cl)cc2Cl)C(=O)S1. The molecule has 1 aromatic carbocycles. The molecule has 0 amide bonds. The fraction of sp³-hybridized carbons (Fsp3) is 0.154. The van der Waals surface area contributed by atoms with Gasteiger partial charge in [-0.15, -0.1) is 0 Å². The first kappa shape index (κ1) is 12.7. The summed E-state index contributed by atoms with van der Waals surface area (Å²) in [6.45, 7) is 2.03. The van der Waals surface area contributed by atoms with Crippen molar-refractivity contribution >= 4 is 46.2 Å². The molecular formula is C13H10Cl2OS. The highest BCUT2D eigenvalue weighted by Crippen LogP contribution is 2.34. The van der Waals surface area contributed by atoms with Crippen molar-refractivity contribution in [2.75, 3.05) is 0 Å². The fourth-order valence-electron chi connectivity index (χ4n) is 1.50. The zero-order valence-corrected chi connectivity index (χ0v) is 11.5. The summed E-state index contributed by atoms with van der Waals surface area (Å²) in [5.74, 6) is 0. The molecule has 1 aliphatic rings. The minimum absolute atomic E-state index is 0.0767. The summed E-state index contributed by atoms with van der Waals surface area (Å²) >= 11 is 13.2. The van der Waals surface area contributed by atoms with Crippen molar-refractivity contribution in [2.45, 2.75) is 13.3 Å².